The standard InChI is InChI=1S/C24H31BrN2O3/c1-2-3-4-8-17-30-22-12-11-20(25)18-21(22)24(29)27(16-14-23(26)28)15-13-19-9-6-5-7-10-19/h5-7,9-12,18H,2-4,8,13-17H2,1H3,(H2,26,28). The van der Waals surface area contributed by atoms with Crippen molar-refractivity contribution in [2.45, 2.75) is 45.4 Å². The number of amides is 2. The number of primary amides is 1. The predicted molar refractivity (Wildman–Crippen MR) is 124 cm³/mol. The highest BCUT2D eigenvalue weighted by atomic mass is 79.9. The Kier molecular flexibility index (Phi) is 10.4. The fourth-order valence-corrected chi connectivity index (χ4v) is 3.51. The summed E-state index contributed by atoms with van der Waals surface area (Å²) in [6.07, 6.45) is 5.23. The van der Waals surface area contributed by atoms with E-state index in [0.717, 1.165) is 29.3 Å². The molecule has 2 N–H and O–H groups in total. The molecule has 0 aliphatic carbocycles. The van der Waals surface area contributed by atoms with Crippen LogP contribution in [0.1, 0.15) is 54.9 Å². The number of halogens is 1. The second-order valence-corrected chi connectivity index (χ2v) is 8.21. The van der Waals surface area contributed by atoms with Crippen LogP contribution in [0.4, 0.5) is 0 Å². The van der Waals surface area contributed by atoms with Crippen LogP contribution in [0.15, 0.2) is 53.0 Å². The third-order valence-corrected chi connectivity index (χ3v) is 5.35. The summed E-state index contributed by atoms with van der Waals surface area (Å²) in [5, 5.41) is 0. The highest BCUT2D eigenvalue weighted by Gasteiger charge is 2.21. The lowest BCUT2D eigenvalue weighted by molar-refractivity contribution is -0.118. The summed E-state index contributed by atoms with van der Waals surface area (Å²) in [4.78, 5) is 26.4. The highest BCUT2D eigenvalue weighted by molar-refractivity contribution is 9.10. The van der Waals surface area contributed by atoms with Crippen molar-refractivity contribution in [2.75, 3.05) is 19.7 Å². The average molecular weight is 475 g/mol. The van der Waals surface area contributed by atoms with Gasteiger partial charge in [-0.2, -0.15) is 0 Å². The lowest BCUT2D eigenvalue weighted by Crippen LogP contribution is -2.36. The number of carbonyl (C=O) groups is 2. The SMILES string of the molecule is CCCCCCOc1ccc(Br)cc1C(=O)N(CCC(N)=O)CCc1ccccc1. The molecule has 2 aromatic rings. The molecular formula is C24H31BrN2O3. The largest absolute Gasteiger partial charge is 0.493 e. The van der Waals surface area contributed by atoms with E-state index in [2.05, 4.69) is 22.9 Å². The van der Waals surface area contributed by atoms with Crippen LogP contribution < -0.4 is 10.5 Å². The molecule has 2 aromatic carbocycles. The fraction of sp³-hybridized carbons (Fsp3) is 0.417. The second-order valence-electron chi connectivity index (χ2n) is 7.29. The quantitative estimate of drug-likeness (QED) is 0.416. The second kappa shape index (κ2) is 13.1. The average Bonchev–Trinajstić information content (AvgIpc) is 2.74. The topological polar surface area (TPSA) is 72.6 Å². The lowest BCUT2D eigenvalue weighted by atomic mass is 10.1. The minimum atomic E-state index is -0.422. The van der Waals surface area contributed by atoms with E-state index in [1.807, 2.05) is 42.5 Å². The zero-order valence-electron chi connectivity index (χ0n) is 17.6. The molecule has 2 amide bonds. The Morgan fingerprint density at radius 1 is 1.03 bits per heavy atom. The van der Waals surface area contributed by atoms with Gasteiger partial charge in [0.25, 0.3) is 5.91 Å². The van der Waals surface area contributed by atoms with E-state index in [0.29, 0.717) is 30.9 Å². The van der Waals surface area contributed by atoms with Crippen LogP contribution in [0, 0.1) is 0 Å². The molecule has 0 radical (unpaired) electrons. The van der Waals surface area contributed by atoms with Crippen LogP contribution in [0.5, 0.6) is 5.75 Å². The number of unbranched alkanes of at least 4 members (excludes halogenated alkanes) is 3. The molecule has 0 saturated heterocycles. The number of rotatable bonds is 13. The van der Waals surface area contributed by atoms with Crippen molar-refractivity contribution < 1.29 is 14.3 Å². The van der Waals surface area contributed by atoms with E-state index in [1.165, 1.54) is 6.42 Å². The van der Waals surface area contributed by atoms with Crippen LogP contribution in [0.25, 0.3) is 0 Å². The van der Waals surface area contributed by atoms with Gasteiger partial charge in [-0.15, -0.1) is 0 Å². The summed E-state index contributed by atoms with van der Waals surface area (Å²) in [6.45, 7) is 3.53. The zero-order chi connectivity index (χ0) is 21.8. The van der Waals surface area contributed by atoms with Crippen LogP contribution in [-0.4, -0.2) is 36.4 Å². The van der Waals surface area contributed by atoms with E-state index in [1.54, 1.807) is 11.0 Å². The molecule has 0 aliphatic rings. The van der Waals surface area contributed by atoms with Gasteiger partial charge in [0.15, 0.2) is 0 Å². The highest BCUT2D eigenvalue weighted by Crippen LogP contribution is 2.25. The molecule has 162 valence electrons. The maximum Gasteiger partial charge on any atom is 0.257 e. The van der Waals surface area contributed by atoms with Gasteiger partial charge in [-0.1, -0.05) is 72.4 Å². The number of nitrogens with zero attached hydrogens (tertiary/aromatic N) is 1. The van der Waals surface area contributed by atoms with Crippen molar-refractivity contribution in [2.24, 2.45) is 5.73 Å². The molecule has 6 heteroatoms. The number of nitrogens with two attached hydrogens (primary N) is 1. The number of benzene rings is 2. The maximum absolute atomic E-state index is 13.4. The van der Waals surface area contributed by atoms with Crippen LogP contribution in [0.3, 0.4) is 0 Å². The smallest absolute Gasteiger partial charge is 0.257 e. The van der Waals surface area contributed by atoms with Gasteiger partial charge < -0.3 is 15.4 Å². The predicted octanol–water partition coefficient (Wildman–Crippen LogP) is 4.97. The summed E-state index contributed by atoms with van der Waals surface area (Å²) >= 11 is 3.45. The van der Waals surface area contributed by atoms with E-state index in [-0.39, 0.29) is 18.9 Å². The first-order valence-electron chi connectivity index (χ1n) is 10.5. The first-order valence-corrected chi connectivity index (χ1v) is 11.3. The van der Waals surface area contributed by atoms with Gasteiger partial charge in [0.2, 0.25) is 5.91 Å². The summed E-state index contributed by atoms with van der Waals surface area (Å²) in [5.74, 6) is -0.00493. The summed E-state index contributed by atoms with van der Waals surface area (Å²) in [7, 11) is 0. The maximum atomic E-state index is 13.4. The Bertz CT molecular complexity index is 811. The number of hydrogen-bond acceptors (Lipinski definition) is 3. The molecule has 0 aliphatic heterocycles. The Morgan fingerprint density at radius 2 is 1.80 bits per heavy atom. The van der Waals surface area contributed by atoms with Crippen LogP contribution in [-0.2, 0) is 11.2 Å². The Hall–Kier alpha value is -2.34. The third kappa shape index (κ3) is 8.19. The van der Waals surface area contributed by atoms with Crippen molar-refractivity contribution in [3.8, 4) is 5.75 Å². The normalized spacial score (nSPS) is 10.6. The van der Waals surface area contributed by atoms with Gasteiger partial charge in [-0.25, -0.2) is 0 Å². The van der Waals surface area contributed by atoms with Gasteiger partial charge in [0, 0.05) is 24.0 Å². The minimum Gasteiger partial charge on any atom is -0.493 e. The molecule has 30 heavy (non-hydrogen) atoms. The molecule has 0 unspecified atom stereocenters. The Labute approximate surface area is 187 Å². The molecule has 0 atom stereocenters. The van der Waals surface area contributed by atoms with Crippen LogP contribution in [0.2, 0.25) is 0 Å². The number of ether oxygens (including phenoxy) is 1. The molecular weight excluding hydrogens is 444 g/mol. The van der Waals surface area contributed by atoms with Crippen molar-refractivity contribution in [1.82, 2.24) is 4.90 Å². The van der Waals surface area contributed by atoms with E-state index in [4.69, 9.17) is 10.5 Å². The zero-order valence-corrected chi connectivity index (χ0v) is 19.2. The van der Waals surface area contributed by atoms with E-state index in [9.17, 15) is 9.59 Å². The molecule has 0 spiro atoms. The summed E-state index contributed by atoms with van der Waals surface area (Å²) in [6, 6.07) is 15.4. The molecule has 0 bridgehead atoms. The van der Waals surface area contributed by atoms with Gasteiger partial charge in [0.1, 0.15) is 5.75 Å². The molecule has 0 fully saturated rings. The van der Waals surface area contributed by atoms with Gasteiger partial charge in [-0.3, -0.25) is 9.59 Å². The van der Waals surface area contributed by atoms with Gasteiger partial charge in [-0.05, 0) is 36.6 Å². The first-order chi connectivity index (χ1) is 14.5. The summed E-state index contributed by atoms with van der Waals surface area (Å²) in [5.41, 5.74) is 6.97. The number of carbonyl (C=O) groups excluding carboxylic acids is 2. The molecule has 0 heterocycles. The van der Waals surface area contributed by atoms with Crippen molar-refractivity contribution in [3.05, 3.63) is 64.1 Å². The molecule has 0 saturated carbocycles. The van der Waals surface area contributed by atoms with Gasteiger partial charge >= 0.3 is 0 Å². The van der Waals surface area contributed by atoms with E-state index < -0.39 is 5.91 Å². The molecule has 0 aromatic heterocycles. The third-order valence-electron chi connectivity index (χ3n) is 4.86. The van der Waals surface area contributed by atoms with Gasteiger partial charge in [0.05, 0.1) is 12.2 Å². The Morgan fingerprint density at radius 3 is 2.50 bits per heavy atom. The fourth-order valence-electron chi connectivity index (χ4n) is 3.15. The van der Waals surface area contributed by atoms with Crippen molar-refractivity contribution in [3.63, 3.8) is 0 Å². The lowest BCUT2D eigenvalue weighted by Gasteiger charge is -2.24. The van der Waals surface area contributed by atoms with Crippen molar-refractivity contribution in [1.29, 1.82) is 0 Å². The van der Waals surface area contributed by atoms with E-state index >= 15 is 0 Å². The summed E-state index contributed by atoms with van der Waals surface area (Å²) < 4.78 is 6.75. The Balaban J connectivity index is 2.13. The van der Waals surface area contributed by atoms with Crippen molar-refractivity contribution >= 4 is 27.7 Å². The molecule has 5 nitrogen and oxygen atoms in total. The monoisotopic (exact) mass is 474 g/mol. The molecule has 2 rings (SSSR count). The first kappa shape index (κ1) is 23.9. The van der Waals surface area contributed by atoms with Crippen LogP contribution >= 0.6 is 15.9 Å². The number of hydrogen-bond donors (Lipinski definition) is 1. The minimum absolute atomic E-state index is 0.127.